The number of para-hydroxylation sites is 1. The first-order valence-corrected chi connectivity index (χ1v) is 7.12. The van der Waals surface area contributed by atoms with Crippen molar-refractivity contribution in [1.82, 2.24) is 5.32 Å². The molecule has 0 saturated heterocycles. The number of hydrogen-bond donors (Lipinski definition) is 3. The molecular weight excluding hydrogens is 290 g/mol. The molecule has 7 heteroatoms. The van der Waals surface area contributed by atoms with Crippen LogP contribution in [0.25, 0.3) is 0 Å². The fourth-order valence-corrected chi connectivity index (χ4v) is 2.31. The molecule has 0 bridgehead atoms. The van der Waals surface area contributed by atoms with Crippen molar-refractivity contribution in [3.8, 4) is 5.75 Å². The van der Waals surface area contributed by atoms with Crippen molar-refractivity contribution in [1.29, 1.82) is 0 Å². The normalized spacial score (nSPS) is 11.1. The summed E-state index contributed by atoms with van der Waals surface area (Å²) in [7, 11) is 0. The fourth-order valence-electron chi connectivity index (χ4n) is 1.65. The van der Waals surface area contributed by atoms with Gasteiger partial charge in [-0.2, -0.15) is 11.3 Å². The first-order chi connectivity index (χ1) is 10.2. The number of amides is 1. The van der Waals surface area contributed by atoms with Crippen LogP contribution in [0.3, 0.4) is 0 Å². The Hall–Kier alpha value is -2.54. The molecule has 6 nitrogen and oxygen atoms in total. The Morgan fingerprint density at radius 3 is 2.90 bits per heavy atom. The van der Waals surface area contributed by atoms with Gasteiger partial charge in [-0.15, -0.1) is 0 Å². The maximum Gasteiger partial charge on any atom is 0.258 e. The molecule has 21 heavy (non-hydrogen) atoms. The van der Waals surface area contributed by atoms with Gasteiger partial charge >= 0.3 is 0 Å². The Morgan fingerprint density at radius 2 is 2.19 bits per heavy atom. The van der Waals surface area contributed by atoms with Crippen molar-refractivity contribution in [3.63, 3.8) is 0 Å². The number of ether oxygens (including phenoxy) is 1. The van der Waals surface area contributed by atoms with Gasteiger partial charge in [0.15, 0.2) is 12.4 Å². The minimum atomic E-state index is -0.240. The molecule has 4 N–H and O–H groups in total. The Kier molecular flexibility index (Phi) is 5.16. The summed E-state index contributed by atoms with van der Waals surface area (Å²) >= 11 is 1.58. The fraction of sp³-hybridized carbons (Fsp3) is 0.143. The number of thiophene rings is 1. The van der Waals surface area contributed by atoms with Gasteiger partial charge in [-0.25, -0.2) is 0 Å². The van der Waals surface area contributed by atoms with E-state index in [1.54, 1.807) is 35.6 Å². The molecule has 0 aliphatic rings. The molecule has 0 spiro atoms. The van der Waals surface area contributed by atoms with E-state index >= 15 is 0 Å². The highest BCUT2D eigenvalue weighted by Gasteiger charge is 2.09. The van der Waals surface area contributed by atoms with Gasteiger partial charge in [-0.05, 0) is 34.5 Å². The standard InChI is InChI=1S/C14H15N3O3S/c15-14(17-19)11-3-1-2-4-12(11)20-8-13(18)16-7-10-5-6-21-9-10/h1-6,9,19H,7-8H2,(H2,15,17)(H,16,18). The summed E-state index contributed by atoms with van der Waals surface area (Å²) in [4.78, 5) is 11.7. The van der Waals surface area contributed by atoms with Gasteiger partial charge in [0.1, 0.15) is 5.75 Å². The number of oxime groups is 1. The number of amidine groups is 1. The lowest BCUT2D eigenvalue weighted by Crippen LogP contribution is -2.28. The van der Waals surface area contributed by atoms with Crippen LogP contribution in [-0.4, -0.2) is 23.6 Å². The number of rotatable bonds is 6. The number of carbonyl (C=O) groups is 1. The van der Waals surface area contributed by atoms with Crippen LogP contribution in [0, 0.1) is 0 Å². The largest absolute Gasteiger partial charge is 0.483 e. The molecule has 0 fully saturated rings. The van der Waals surface area contributed by atoms with Crippen LogP contribution in [0.2, 0.25) is 0 Å². The molecular formula is C14H15N3O3S. The second-order valence-corrected chi connectivity index (χ2v) is 4.96. The van der Waals surface area contributed by atoms with E-state index in [9.17, 15) is 4.79 Å². The summed E-state index contributed by atoms with van der Waals surface area (Å²) in [5, 5.41) is 18.3. The maximum absolute atomic E-state index is 11.7. The molecule has 0 atom stereocenters. The highest BCUT2D eigenvalue weighted by atomic mass is 32.1. The van der Waals surface area contributed by atoms with Gasteiger partial charge in [-0.1, -0.05) is 17.3 Å². The van der Waals surface area contributed by atoms with E-state index in [1.165, 1.54) is 0 Å². The molecule has 0 aliphatic carbocycles. The zero-order chi connectivity index (χ0) is 15.1. The van der Waals surface area contributed by atoms with Crippen molar-refractivity contribution in [3.05, 3.63) is 52.2 Å². The lowest BCUT2D eigenvalue weighted by molar-refractivity contribution is -0.123. The van der Waals surface area contributed by atoms with E-state index in [4.69, 9.17) is 15.7 Å². The van der Waals surface area contributed by atoms with E-state index in [-0.39, 0.29) is 18.3 Å². The van der Waals surface area contributed by atoms with Gasteiger partial charge in [0.2, 0.25) is 0 Å². The number of hydrogen-bond acceptors (Lipinski definition) is 5. The second-order valence-electron chi connectivity index (χ2n) is 4.18. The molecule has 0 saturated carbocycles. The van der Waals surface area contributed by atoms with Gasteiger partial charge in [0.05, 0.1) is 5.56 Å². The molecule has 0 unspecified atom stereocenters. The van der Waals surface area contributed by atoms with Crippen LogP contribution in [0.1, 0.15) is 11.1 Å². The second kappa shape index (κ2) is 7.30. The highest BCUT2D eigenvalue weighted by molar-refractivity contribution is 7.07. The summed E-state index contributed by atoms with van der Waals surface area (Å²) in [6.07, 6.45) is 0. The van der Waals surface area contributed by atoms with Crippen molar-refractivity contribution in [2.45, 2.75) is 6.54 Å². The summed E-state index contributed by atoms with van der Waals surface area (Å²) in [6.45, 7) is 0.327. The number of carbonyl (C=O) groups excluding carboxylic acids is 1. The van der Waals surface area contributed by atoms with Gasteiger partial charge in [0, 0.05) is 6.54 Å². The predicted molar refractivity (Wildman–Crippen MR) is 80.6 cm³/mol. The Balaban J connectivity index is 1.89. The first kappa shape index (κ1) is 14.9. The molecule has 1 aromatic heterocycles. The van der Waals surface area contributed by atoms with Crippen LogP contribution >= 0.6 is 11.3 Å². The van der Waals surface area contributed by atoms with E-state index in [2.05, 4.69) is 10.5 Å². The molecule has 1 aromatic carbocycles. The molecule has 1 amide bonds. The highest BCUT2D eigenvalue weighted by Crippen LogP contribution is 2.17. The van der Waals surface area contributed by atoms with Crippen LogP contribution in [0.4, 0.5) is 0 Å². The summed E-state index contributed by atoms with van der Waals surface area (Å²) in [5.74, 6) is 0.0817. The topological polar surface area (TPSA) is 96.9 Å². The van der Waals surface area contributed by atoms with Crippen LogP contribution in [0.5, 0.6) is 5.75 Å². The third kappa shape index (κ3) is 4.22. The molecule has 2 aromatic rings. The maximum atomic E-state index is 11.7. The minimum absolute atomic E-state index is 0.0655. The van der Waals surface area contributed by atoms with Crippen molar-refractivity contribution in [2.75, 3.05) is 6.61 Å². The van der Waals surface area contributed by atoms with Gasteiger partial charge in [0.25, 0.3) is 5.91 Å². The quantitative estimate of drug-likeness (QED) is 0.326. The first-order valence-electron chi connectivity index (χ1n) is 6.18. The van der Waals surface area contributed by atoms with Crippen molar-refractivity contribution in [2.24, 2.45) is 10.9 Å². The minimum Gasteiger partial charge on any atom is -0.483 e. The van der Waals surface area contributed by atoms with Crippen molar-refractivity contribution >= 4 is 23.1 Å². The van der Waals surface area contributed by atoms with E-state index in [1.807, 2.05) is 16.8 Å². The molecule has 0 aliphatic heterocycles. The zero-order valence-corrected chi connectivity index (χ0v) is 12.0. The lowest BCUT2D eigenvalue weighted by atomic mass is 10.2. The molecule has 0 radical (unpaired) electrons. The molecule has 1 heterocycles. The Bertz CT molecular complexity index is 626. The summed E-state index contributed by atoms with van der Waals surface area (Å²) in [5.41, 5.74) is 7.03. The number of benzene rings is 1. The van der Waals surface area contributed by atoms with Crippen LogP contribution < -0.4 is 15.8 Å². The van der Waals surface area contributed by atoms with E-state index in [0.29, 0.717) is 17.9 Å². The van der Waals surface area contributed by atoms with E-state index < -0.39 is 0 Å². The van der Waals surface area contributed by atoms with Crippen molar-refractivity contribution < 1.29 is 14.7 Å². The third-order valence-electron chi connectivity index (χ3n) is 2.70. The summed E-state index contributed by atoms with van der Waals surface area (Å²) < 4.78 is 5.41. The average molecular weight is 305 g/mol. The number of nitrogens with one attached hydrogen (secondary N) is 1. The monoisotopic (exact) mass is 305 g/mol. The van der Waals surface area contributed by atoms with Gasteiger partial charge in [-0.3, -0.25) is 4.79 Å². The number of nitrogens with zero attached hydrogens (tertiary/aromatic N) is 1. The lowest BCUT2D eigenvalue weighted by Gasteiger charge is -2.10. The van der Waals surface area contributed by atoms with E-state index in [0.717, 1.165) is 5.56 Å². The number of nitrogens with two attached hydrogens (primary N) is 1. The SMILES string of the molecule is NC(=NO)c1ccccc1OCC(=O)NCc1ccsc1. The van der Waals surface area contributed by atoms with Crippen LogP contribution in [-0.2, 0) is 11.3 Å². The third-order valence-corrected chi connectivity index (χ3v) is 3.43. The predicted octanol–water partition coefficient (Wildman–Crippen LogP) is 1.54. The zero-order valence-electron chi connectivity index (χ0n) is 11.2. The average Bonchev–Trinajstić information content (AvgIpc) is 3.04. The smallest absolute Gasteiger partial charge is 0.258 e. The van der Waals surface area contributed by atoms with Crippen LogP contribution in [0.15, 0.2) is 46.2 Å². The Morgan fingerprint density at radius 1 is 1.38 bits per heavy atom. The van der Waals surface area contributed by atoms with Gasteiger partial charge < -0.3 is 21.0 Å². The Labute approximate surface area is 125 Å². The molecule has 110 valence electrons. The molecule has 2 rings (SSSR count). The summed E-state index contributed by atoms with van der Waals surface area (Å²) in [6, 6.07) is 8.72.